The predicted molar refractivity (Wildman–Crippen MR) is 169 cm³/mol. The Morgan fingerprint density at radius 2 is 1.22 bits per heavy atom. The van der Waals surface area contributed by atoms with Crippen LogP contribution < -0.4 is 0 Å². The summed E-state index contributed by atoms with van der Waals surface area (Å²) in [6.45, 7) is 16.7. The second-order valence-corrected chi connectivity index (χ2v) is 43.1. The third-order valence-corrected chi connectivity index (χ3v) is 26.4. The van der Waals surface area contributed by atoms with Gasteiger partial charge < -0.3 is 0 Å². The zero-order valence-corrected chi connectivity index (χ0v) is 29.1. The summed E-state index contributed by atoms with van der Waals surface area (Å²) < 4.78 is 6.68. The number of allylic oxidation sites excluding steroid dienone is 2. The van der Waals surface area contributed by atoms with E-state index in [-0.39, 0.29) is 24.8 Å². The average molecular weight is 629 g/mol. The standard InChI is InChI=1S/C17H15.C14H17.2CH3.2ClH.H2Si.Zr/c1-12-10-16-13(2)8-9-15(17(16)11-12)14-6-4-3-5-7-14;1-9(2)12-7-13-10(3)5-6-11(4)14(13)8-12;;;;;;/h3-11H,1-2H3;5-9H,1-4H3;2*1H3;2*1H;1H2;. The van der Waals surface area contributed by atoms with Gasteiger partial charge in [0.25, 0.3) is 0 Å². The van der Waals surface area contributed by atoms with Crippen LogP contribution in [0.5, 0.6) is 0 Å². The molecule has 0 aromatic heterocycles. The minimum Gasteiger partial charge on any atom is -0.147 e. The van der Waals surface area contributed by atoms with Gasteiger partial charge in [-0.05, 0) is 0 Å². The summed E-state index contributed by atoms with van der Waals surface area (Å²) in [5.41, 5.74) is 16.6. The molecule has 2 atom stereocenters. The molecule has 2 aliphatic carbocycles. The molecule has 3 aromatic rings. The third-order valence-electron chi connectivity index (χ3n) is 8.93. The van der Waals surface area contributed by atoms with Crippen molar-refractivity contribution in [2.24, 2.45) is 5.92 Å². The maximum atomic E-state index is 2.77. The molecule has 37 heavy (non-hydrogen) atoms. The van der Waals surface area contributed by atoms with Crippen LogP contribution in [0.1, 0.15) is 67.0 Å². The van der Waals surface area contributed by atoms with Crippen LogP contribution in [-0.2, 0) is 17.4 Å². The first-order chi connectivity index (χ1) is 16.4. The van der Waals surface area contributed by atoms with E-state index < -0.39 is 17.4 Å². The number of rotatable bonds is 4. The van der Waals surface area contributed by atoms with Crippen molar-refractivity contribution in [2.45, 2.75) is 58.1 Å². The predicted octanol–water partition coefficient (Wildman–Crippen LogP) is 9.71. The number of hydrogen-bond donors (Lipinski definition) is 0. The van der Waals surface area contributed by atoms with E-state index in [4.69, 9.17) is 0 Å². The van der Waals surface area contributed by atoms with E-state index in [1.165, 1.54) is 38.9 Å². The number of hydrogen-bond acceptors (Lipinski definition) is 0. The molecule has 0 saturated carbocycles. The van der Waals surface area contributed by atoms with E-state index in [1.54, 1.807) is 22.3 Å². The Labute approximate surface area is 239 Å². The van der Waals surface area contributed by atoms with E-state index in [1.807, 2.05) is 0 Å². The number of benzene rings is 3. The largest absolute Gasteiger partial charge is 0.147 e. The molecule has 2 aliphatic rings. The minimum atomic E-state index is -3.53. The fourth-order valence-corrected chi connectivity index (χ4v) is 28.1. The molecule has 0 N–H and O–H groups in total. The molecule has 0 radical (unpaired) electrons. The zero-order chi connectivity index (χ0) is 25.3. The van der Waals surface area contributed by atoms with Crippen molar-refractivity contribution >= 4 is 43.8 Å². The molecule has 0 fully saturated rings. The third kappa shape index (κ3) is 4.75. The van der Waals surface area contributed by atoms with Gasteiger partial charge in [-0.2, -0.15) is 0 Å². The fraction of sp³-hybridized carbons (Fsp3) is 0.333. The summed E-state index contributed by atoms with van der Waals surface area (Å²) >= 11 is -3.53. The Kier molecular flexibility index (Phi) is 8.55. The first-order valence-electron chi connectivity index (χ1n) is 13.2. The van der Waals surface area contributed by atoms with E-state index in [2.05, 4.69) is 124 Å². The smallest absolute Gasteiger partial charge is 0.147 e. The molecule has 0 bridgehead atoms. The molecule has 0 heterocycles. The second kappa shape index (κ2) is 10.4. The molecule has 4 heteroatoms. The van der Waals surface area contributed by atoms with Crippen LogP contribution in [0.25, 0.3) is 23.3 Å². The molecule has 196 valence electrons. The number of aryl methyl sites for hydroxylation is 3. The molecule has 5 rings (SSSR count). The summed E-state index contributed by atoms with van der Waals surface area (Å²) in [6.07, 6.45) is 5.13. The summed E-state index contributed by atoms with van der Waals surface area (Å²) in [5, 5.41) is 0. The quantitative estimate of drug-likeness (QED) is 0.252. The SMILES string of the molecule is CC1=Cc2c(-c3ccccc3)ccc(C)c2[CH]1[Zr]([CH3])([CH3])(=[SiH2])[CH]1C(C(C)C)=Cc2c(C)ccc(C)c21.Cl.Cl. The van der Waals surface area contributed by atoms with Crippen molar-refractivity contribution < 1.29 is 17.4 Å². The number of fused-ring (bicyclic) bond motifs is 2. The number of halogens is 2. The monoisotopic (exact) mass is 626 g/mol. The van der Waals surface area contributed by atoms with Crippen molar-refractivity contribution in [1.29, 1.82) is 0 Å². The molecule has 0 aliphatic heterocycles. The van der Waals surface area contributed by atoms with Crippen molar-refractivity contribution in [1.82, 2.24) is 0 Å². The van der Waals surface area contributed by atoms with E-state index in [0.29, 0.717) is 13.2 Å². The van der Waals surface area contributed by atoms with Crippen LogP contribution in [-0.4, -0.2) is 6.88 Å². The Balaban J connectivity index is 0.00000190. The van der Waals surface area contributed by atoms with Gasteiger partial charge in [0.2, 0.25) is 0 Å². The van der Waals surface area contributed by atoms with E-state index >= 15 is 0 Å². The van der Waals surface area contributed by atoms with Gasteiger partial charge in [0.1, 0.15) is 0 Å². The molecular weight excluding hydrogens is 587 g/mol. The molecule has 0 spiro atoms. The van der Waals surface area contributed by atoms with Crippen molar-refractivity contribution in [2.75, 3.05) is 0 Å². The van der Waals surface area contributed by atoms with Crippen molar-refractivity contribution in [3.05, 3.63) is 105 Å². The van der Waals surface area contributed by atoms with Gasteiger partial charge in [0.05, 0.1) is 0 Å². The minimum absolute atomic E-state index is 0. The van der Waals surface area contributed by atoms with Crippen LogP contribution in [0.2, 0.25) is 9.26 Å². The van der Waals surface area contributed by atoms with Crippen molar-refractivity contribution in [3.63, 3.8) is 0 Å². The average Bonchev–Trinajstić information content (AvgIpc) is 3.38. The molecule has 0 nitrogen and oxygen atoms in total. The van der Waals surface area contributed by atoms with E-state index in [9.17, 15) is 0 Å². The molecule has 3 aromatic carbocycles. The van der Waals surface area contributed by atoms with Crippen LogP contribution in [0.15, 0.2) is 65.7 Å². The zero-order valence-electron chi connectivity index (χ0n) is 23.6. The van der Waals surface area contributed by atoms with Crippen LogP contribution >= 0.6 is 24.8 Å². The Morgan fingerprint density at radius 1 is 0.676 bits per heavy atom. The van der Waals surface area contributed by atoms with Gasteiger partial charge in [-0.15, -0.1) is 24.8 Å². The Hall–Kier alpha value is -1.18. The molecule has 2 unspecified atom stereocenters. The van der Waals surface area contributed by atoms with Gasteiger partial charge in [0.15, 0.2) is 0 Å². The van der Waals surface area contributed by atoms with Crippen molar-refractivity contribution in [3.8, 4) is 11.1 Å². The topological polar surface area (TPSA) is 0 Å². The van der Waals surface area contributed by atoms with Gasteiger partial charge in [0, 0.05) is 0 Å². The van der Waals surface area contributed by atoms with Crippen LogP contribution in [0.3, 0.4) is 0 Å². The fourth-order valence-electron chi connectivity index (χ4n) is 7.45. The summed E-state index contributed by atoms with van der Waals surface area (Å²) in [5.74, 6) is 0.561. The summed E-state index contributed by atoms with van der Waals surface area (Å²) in [7, 11) is 0. The summed E-state index contributed by atoms with van der Waals surface area (Å²) in [4.78, 5) is 0. The van der Waals surface area contributed by atoms with Gasteiger partial charge >= 0.3 is 216 Å². The Bertz CT molecular complexity index is 1490. The normalized spacial score (nSPS) is 18.4. The van der Waals surface area contributed by atoms with Gasteiger partial charge in [-0.1, -0.05) is 0 Å². The first-order valence-corrected chi connectivity index (χ1v) is 26.8. The van der Waals surface area contributed by atoms with E-state index in [0.717, 1.165) is 0 Å². The second-order valence-electron chi connectivity index (χ2n) is 12.6. The Morgan fingerprint density at radius 3 is 1.81 bits per heavy atom. The van der Waals surface area contributed by atoms with Gasteiger partial charge in [-0.3, -0.25) is 0 Å². The molecule has 0 saturated heterocycles. The first kappa shape index (κ1) is 30.4. The molecular formula is C33H42Cl2SiZr. The van der Waals surface area contributed by atoms with Crippen LogP contribution in [0.4, 0.5) is 0 Å². The summed E-state index contributed by atoms with van der Waals surface area (Å²) in [6, 6.07) is 20.4. The van der Waals surface area contributed by atoms with Crippen LogP contribution in [0, 0.1) is 26.7 Å². The maximum absolute atomic E-state index is 3.53. The maximum Gasteiger partial charge on any atom is -0.147 e. The molecule has 0 amide bonds. The van der Waals surface area contributed by atoms with Gasteiger partial charge in [-0.25, -0.2) is 0 Å².